The molecule has 0 unspecified atom stereocenters. The van der Waals surface area contributed by atoms with E-state index in [0.717, 1.165) is 0 Å². The molecule has 0 aliphatic carbocycles. The number of benzene rings is 3. The molecule has 16 heavy (non-hydrogen) atoms. The molecular weight excluding hydrogens is 192 g/mol. The van der Waals surface area contributed by atoms with Gasteiger partial charge in [-0.3, -0.25) is 0 Å². The summed E-state index contributed by atoms with van der Waals surface area (Å²) < 4.78 is 0. The lowest BCUT2D eigenvalue weighted by molar-refractivity contribution is 1.52. The minimum absolute atomic E-state index is 1.34. The van der Waals surface area contributed by atoms with E-state index < -0.39 is 0 Å². The van der Waals surface area contributed by atoms with E-state index in [1.165, 1.54) is 32.3 Å². The zero-order valence-electron chi connectivity index (χ0n) is 9.62. The van der Waals surface area contributed by atoms with Crippen molar-refractivity contribution >= 4 is 27.6 Å². The Kier molecular flexibility index (Phi) is 1.97. The molecule has 0 aliphatic rings. The Morgan fingerprint density at radius 2 is 1.50 bits per heavy atom. The predicted molar refractivity (Wildman–Crippen MR) is 71.5 cm³/mol. The van der Waals surface area contributed by atoms with Crippen LogP contribution in [0.3, 0.4) is 0 Å². The summed E-state index contributed by atoms with van der Waals surface area (Å²) in [6, 6.07) is 15.4. The van der Waals surface area contributed by atoms with E-state index in [9.17, 15) is 0 Å². The van der Waals surface area contributed by atoms with Gasteiger partial charge < -0.3 is 0 Å². The molecule has 78 valence electrons. The maximum absolute atomic E-state index is 2.21. The molecule has 0 nitrogen and oxygen atoms in total. The largest absolute Gasteiger partial charge is 0.0798 e. The van der Waals surface area contributed by atoms with Crippen LogP contribution >= 0.6 is 0 Å². The number of rotatable bonds is 0. The summed E-state index contributed by atoms with van der Waals surface area (Å²) in [5.74, 6) is 0. The molecule has 3 aromatic rings. The summed E-state index contributed by atoms with van der Waals surface area (Å²) in [4.78, 5) is 0. The van der Waals surface area contributed by atoms with Crippen molar-refractivity contribution in [2.45, 2.75) is 13.8 Å². The smallest absolute Gasteiger partial charge is 0.00303 e. The average Bonchev–Trinajstić information content (AvgIpc) is 2.33. The maximum Gasteiger partial charge on any atom is -0.00303 e. The first kappa shape index (κ1) is 9.41. The lowest BCUT2D eigenvalue weighted by atomic mass is 9.96. The quantitative estimate of drug-likeness (QED) is 0.524. The molecule has 0 aliphatic heterocycles. The molecule has 0 N–H and O–H groups in total. The molecule has 0 heterocycles. The molecule has 0 heteroatoms. The first-order chi connectivity index (χ1) is 7.81. The molecule has 0 radical (unpaired) electrons. The summed E-state index contributed by atoms with van der Waals surface area (Å²) >= 11 is 0. The maximum atomic E-state index is 2.21. The molecular formula is C16H14. The van der Waals surface area contributed by atoms with Crippen LogP contribution in [0.4, 0.5) is 0 Å². The highest BCUT2D eigenvalue weighted by Gasteiger charge is 2.04. The van der Waals surface area contributed by atoms with Crippen LogP contribution in [0.1, 0.15) is 12.5 Å². The predicted octanol–water partition coefficient (Wildman–Crippen LogP) is 3.82. The van der Waals surface area contributed by atoms with Gasteiger partial charge in [0.1, 0.15) is 0 Å². The fraction of sp³-hybridized carbons (Fsp3) is 0.125. The Morgan fingerprint density at radius 3 is 2.19 bits per heavy atom. The Bertz CT molecular complexity index is 705. The van der Waals surface area contributed by atoms with Crippen molar-refractivity contribution in [1.29, 1.82) is 0 Å². The standard InChI is InChI=1S/C16H14/c1-3-12-9-10-14-6-4-5-13-8-7-11(2)15(12)16(13)14/h3-10H,1-2H3. The van der Waals surface area contributed by atoms with Crippen molar-refractivity contribution in [2.24, 2.45) is 0 Å². The summed E-state index contributed by atoms with van der Waals surface area (Å²) in [5, 5.41) is 6.81. The van der Waals surface area contributed by atoms with Crippen LogP contribution in [0, 0.1) is 6.92 Å². The number of hydrogen-bond acceptors (Lipinski definition) is 0. The van der Waals surface area contributed by atoms with Gasteiger partial charge in [0.05, 0.1) is 0 Å². The molecule has 0 spiro atoms. The van der Waals surface area contributed by atoms with Crippen molar-refractivity contribution in [3.8, 4) is 0 Å². The third-order valence-electron chi connectivity index (χ3n) is 3.33. The molecule has 0 fully saturated rings. The molecule has 0 saturated carbocycles. The lowest BCUT2D eigenvalue weighted by Crippen LogP contribution is -2.02. The second-order valence-electron chi connectivity index (χ2n) is 4.28. The Hall–Kier alpha value is -1.82. The molecule has 3 aromatic carbocycles. The highest BCUT2D eigenvalue weighted by molar-refractivity contribution is 6.11. The second kappa shape index (κ2) is 3.34. The minimum atomic E-state index is 1.34. The normalized spacial score (nSPS) is 12.8. The van der Waals surface area contributed by atoms with Crippen LogP contribution in [-0.4, -0.2) is 0 Å². The highest BCUT2D eigenvalue weighted by Crippen LogP contribution is 2.26. The van der Waals surface area contributed by atoms with Crippen LogP contribution in [0.2, 0.25) is 0 Å². The SMILES string of the molecule is CC=c1ccc2cccc3ccc(C)c1c32. The third kappa shape index (κ3) is 1.16. The van der Waals surface area contributed by atoms with Gasteiger partial charge in [-0.25, -0.2) is 0 Å². The second-order valence-corrected chi connectivity index (χ2v) is 4.28. The van der Waals surface area contributed by atoms with Gasteiger partial charge in [0.2, 0.25) is 0 Å². The number of hydrogen-bond donors (Lipinski definition) is 0. The molecule has 0 saturated heterocycles. The van der Waals surface area contributed by atoms with Crippen LogP contribution in [0.15, 0.2) is 42.5 Å². The Balaban J connectivity index is 2.76. The van der Waals surface area contributed by atoms with Gasteiger partial charge >= 0.3 is 0 Å². The van der Waals surface area contributed by atoms with E-state index in [4.69, 9.17) is 0 Å². The average molecular weight is 206 g/mol. The van der Waals surface area contributed by atoms with E-state index >= 15 is 0 Å². The summed E-state index contributed by atoms with van der Waals surface area (Å²) in [6.07, 6.45) is 2.19. The van der Waals surface area contributed by atoms with E-state index in [1.54, 1.807) is 0 Å². The van der Waals surface area contributed by atoms with Gasteiger partial charge in [-0.2, -0.15) is 0 Å². The van der Waals surface area contributed by atoms with Gasteiger partial charge in [-0.05, 0) is 46.2 Å². The van der Waals surface area contributed by atoms with Crippen molar-refractivity contribution in [1.82, 2.24) is 0 Å². The lowest BCUT2D eigenvalue weighted by Gasteiger charge is -2.08. The van der Waals surface area contributed by atoms with E-state index in [-0.39, 0.29) is 0 Å². The third-order valence-corrected chi connectivity index (χ3v) is 3.33. The Labute approximate surface area is 95.2 Å². The Morgan fingerprint density at radius 1 is 0.812 bits per heavy atom. The van der Waals surface area contributed by atoms with Gasteiger partial charge in [-0.1, -0.05) is 48.5 Å². The number of aryl methyl sites for hydroxylation is 1. The van der Waals surface area contributed by atoms with E-state index in [2.05, 4.69) is 62.4 Å². The fourth-order valence-electron chi connectivity index (χ4n) is 2.53. The zero-order valence-corrected chi connectivity index (χ0v) is 9.62. The van der Waals surface area contributed by atoms with Crippen molar-refractivity contribution in [3.05, 3.63) is 53.2 Å². The van der Waals surface area contributed by atoms with Gasteiger partial charge in [-0.15, -0.1) is 0 Å². The molecule has 0 amide bonds. The molecule has 3 rings (SSSR count). The first-order valence-electron chi connectivity index (χ1n) is 5.68. The van der Waals surface area contributed by atoms with Gasteiger partial charge in [0.15, 0.2) is 0 Å². The van der Waals surface area contributed by atoms with Crippen molar-refractivity contribution in [2.75, 3.05) is 0 Å². The van der Waals surface area contributed by atoms with Gasteiger partial charge in [0.25, 0.3) is 0 Å². The summed E-state index contributed by atoms with van der Waals surface area (Å²) in [6.45, 7) is 4.29. The molecule has 0 atom stereocenters. The van der Waals surface area contributed by atoms with Crippen LogP contribution in [0.25, 0.3) is 27.6 Å². The van der Waals surface area contributed by atoms with E-state index in [0.29, 0.717) is 0 Å². The van der Waals surface area contributed by atoms with Crippen LogP contribution < -0.4 is 5.22 Å². The minimum Gasteiger partial charge on any atom is -0.0798 e. The molecule has 0 aromatic heterocycles. The van der Waals surface area contributed by atoms with Crippen LogP contribution in [0.5, 0.6) is 0 Å². The van der Waals surface area contributed by atoms with Gasteiger partial charge in [0, 0.05) is 0 Å². The monoisotopic (exact) mass is 206 g/mol. The van der Waals surface area contributed by atoms with Crippen LogP contribution in [-0.2, 0) is 0 Å². The summed E-state index contributed by atoms with van der Waals surface area (Å²) in [5.41, 5.74) is 1.36. The molecule has 0 bridgehead atoms. The van der Waals surface area contributed by atoms with Crippen molar-refractivity contribution in [3.63, 3.8) is 0 Å². The van der Waals surface area contributed by atoms with E-state index in [1.807, 2.05) is 0 Å². The van der Waals surface area contributed by atoms with Crippen molar-refractivity contribution < 1.29 is 0 Å². The topological polar surface area (TPSA) is 0 Å². The highest BCUT2D eigenvalue weighted by atomic mass is 14.1. The summed E-state index contributed by atoms with van der Waals surface area (Å²) in [7, 11) is 0. The first-order valence-corrected chi connectivity index (χ1v) is 5.68. The zero-order chi connectivity index (χ0) is 11.1. The fourth-order valence-corrected chi connectivity index (χ4v) is 2.53.